The maximum absolute atomic E-state index is 11.9. The highest BCUT2D eigenvalue weighted by molar-refractivity contribution is 6.13. The molecule has 9 heteroatoms. The first-order valence-electron chi connectivity index (χ1n) is 11.0. The number of ether oxygens (including phenoxy) is 1. The second kappa shape index (κ2) is 13.4. The van der Waals surface area contributed by atoms with Gasteiger partial charge in [0.25, 0.3) is 0 Å². The number of aliphatic imine (C=N–C) groups is 1. The van der Waals surface area contributed by atoms with Gasteiger partial charge in [0.1, 0.15) is 11.7 Å². The highest BCUT2D eigenvalue weighted by atomic mass is 16.6. The van der Waals surface area contributed by atoms with Crippen LogP contribution in [0.3, 0.4) is 0 Å². The van der Waals surface area contributed by atoms with Crippen molar-refractivity contribution >= 4 is 30.1 Å². The zero-order valence-corrected chi connectivity index (χ0v) is 20.1. The number of anilines is 1. The Morgan fingerprint density at radius 3 is 2.62 bits per heavy atom. The van der Waals surface area contributed by atoms with Gasteiger partial charge in [-0.1, -0.05) is 13.8 Å². The molecule has 1 aromatic heterocycles. The molecule has 0 saturated carbocycles. The lowest BCUT2D eigenvalue weighted by Gasteiger charge is -2.34. The Morgan fingerprint density at radius 1 is 1.41 bits per heavy atom. The normalized spacial score (nSPS) is 14.8. The Balaban J connectivity index is 0.00000249. The molecule has 0 aromatic carbocycles. The topological polar surface area (TPSA) is 111 Å². The van der Waals surface area contributed by atoms with Crippen LogP contribution >= 0.6 is 0 Å². The van der Waals surface area contributed by atoms with Crippen LogP contribution in [-0.4, -0.2) is 73.3 Å². The van der Waals surface area contributed by atoms with E-state index >= 15 is 0 Å². The number of hydrogen-bond donors (Lipinski definition) is 1. The number of rotatable bonds is 7. The third-order valence-electron chi connectivity index (χ3n) is 4.71. The number of nitrogens with one attached hydrogen (secondary N) is 1. The molecule has 2 heterocycles. The lowest BCUT2D eigenvalue weighted by Crippen LogP contribution is -2.47. The first kappa shape index (κ1) is 27.0. The number of carbonyl (C=O) groups excluding carboxylic acids is 2. The first-order chi connectivity index (χ1) is 15.2. The molecule has 1 amide bonds. The summed E-state index contributed by atoms with van der Waals surface area (Å²) >= 11 is 0. The van der Waals surface area contributed by atoms with Crippen molar-refractivity contribution in [1.29, 1.82) is 5.26 Å². The second-order valence-electron chi connectivity index (χ2n) is 8.28. The smallest absolute Gasteiger partial charge is 0.407 e. The Bertz CT molecular complexity index is 805. The molecule has 0 bridgehead atoms. The lowest BCUT2D eigenvalue weighted by molar-refractivity contribution is -0.102. The van der Waals surface area contributed by atoms with Crippen molar-refractivity contribution in [1.82, 2.24) is 15.2 Å². The average Bonchev–Trinajstić information content (AvgIpc) is 2.77. The van der Waals surface area contributed by atoms with E-state index in [9.17, 15) is 9.59 Å². The van der Waals surface area contributed by atoms with Gasteiger partial charge in [0, 0.05) is 45.5 Å². The van der Waals surface area contributed by atoms with Gasteiger partial charge in [0.05, 0.1) is 17.5 Å². The molecule has 0 unspecified atom stereocenters. The summed E-state index contributed by atoms with van der Waals surface area (Å²) in [4.78, 5) is 35.1. The minimum Gasteiger partial charge on any atom is -0.444 e. The van der Waals surface area contributed by atoms with Gasteiger partial charge >= 0.3 is 6.09 Å². The quantitative estimate of drug-likeness (QED) is 0.507. The van der Waals surface area contributed by atoms with Crippen molar-refractivity contribution < 1.29 is 14.3 Å². The van der Waals surface area contributed by atoms with E-state index in [2.05, 4.69) is 26.3 Å². The molecule has 0 atom stereocenters. The van der Waals surface area contributed by atoms with E-state index in [1.165, 1.54) is 6.20 Å². The zero-order chi connectivity index (χ0) is 24.1. The molecular formula is C23H36N6O3. The van der Waals surface area contributed by atoms with Gasteiger partial charge in [-0.15, -0.1) is 0 Å². The molecule has 176 valence electrons. The summed E-state index contributed by atoms with van der Waals surface area (Å²) in [5, 5.41) is 12.1. The Kier molecular flexibility index (Phi) is 11.3. The van der Waals surface area contributed by atoms with Gasteiger partial charge in [-0.2, -0.15) is 5.26 Å². The van der Waals surface area contributed by atoms with Gasteiger partial charge < -0.3 is 19.9 Å². The highest BCUT2D eigenvalue weighted by Crippen LogP contribution is 2.26. The Hall–Kier alpha value is -2.99. The fraction of sp³-hybridized carbons (Fsp3) is 0.609. The number of amides is 1. The van der Waals surface area contributed by atoms with Crippen LogP contribution in [0.2, 0.25) is 0 Å². The summed E-state index contributed by atoms with van der Waals surface area (Å²) in [7, 11) is 1.91. The van der Waals surface area contributed by atoms with Gasteiger partial charge in [-0.3, -0.25) is 4.79 Å². The summed E-state index contributed by atoms with van der Waals surface area (Å²) < 4.78 is 5.32. The van der Waals surface area contributed by atoms with E-state index < -0.39 is 5.60 Å². The third kappa shape index (κ3) is 9.43. The summed E-state index contributed by atoms with van der Waals surface area (Å²) in [6, 6.07) is 3.92. The Morgan fingerprint density at radius 2 is 2.06 bits per heavy atom. The van der Waals surface area contributed by atoms with Gasteiger partial charge in [-0.05, 0) is 39.7 Å². The lowest BCUT2D eigenvalue weighted by atomic mass is 10.1. The molecule has 1 aliphatic heterocycles. The van der Waals surface area contributed by atoms with Crippen molar-refractivity contribution in [2.24, 2.45) is 4.99 Å². The molecule has 1 saturated heterocycles. The molecule has 0 radical (unpaired) electrons. The second-order valence-corrected chi connectivity index (χ2v) is 8.28. The fourth-order valence-corrected chi connectivity index (χ4v) is 3.18. The van der Waals surface area contributed by atoms with Crippen LogP contribution in [0.15, 0.2) is 17.3 Å². The number of pyridine rings is 1. The monoisotopic (exact) mass is 444 g/mol. The van der Waals surface area contributed by atoms with Crippen LogP contribution in [0.5, 0.6) is 0 Å². The maximum atomic E-state index is 11.9. The molecule has 9 nitrogen and oxygen atoms in total. The molecule has 0 aliphatic carbocycles. The van der Waals surface area contributed by atoms with Crippen molar-refractivity contribution in [2.45, 2.75) is 59.1 Å². The number of hydrogen-bond acceptors (Lipinski definition) is 8. The van der Waals surface area contributed by atoms with Crippen LogP contribution < -0.4 is 10.2 Å². The predicted molar refractivity (Wildman–Crippen MR) is 127 cm³/mol. The van der Waals surface area contributed by atoms with Gasteiger partial charge in [0.2, 0.25) is 0 Å². The summed E-state index contributed by atoms with van der Waals surface area (Å²) in [5.41, 5.74) is 0.645. The van der Waals surface area contributed by atoms with Crippen molar-refractivity contribution in [3.63, 3.8) is 0 Å². The van der Waals surface area contributed by atoms with Crippen molar-refractivity contribution in [3.05, 3.63) is 17.8 Å². The van der Waals surface area contributed by atoms with Gasteiger partial charge in [0.15, 0.2) is 12.1 Å². The van der Waals surface area contributed by atoms with Crippen LogP contribution in [-0.2, 0) is 9.53 Å². The molecule has 1 aliphatic rings. The van der Waals surface area contributed by atoms with E-state index in [0.717, 1.165) is 38.7 Å². The van der Waals surface area contributed by atoms with E-state index in [4.69, 9.17) is 10.00 Å². The molecule has 1 N–H and O–H groups in total. The number of piperidine rings is 1. The fourth-order valence-electron chi connectivity index (χ4n) is 3.18. The third-order valence-corrected chi connectivity index (χ3v) is 4.71. The molecule has 2 rings (SSSR count). The predicted octanol–water partition coefficient (Wildman–Crippen LogP) is 3.31. The van der Waals surface area contributed by atoms with E-state index in [0.29, 0.717) is 29.9 Å². The van der Waals surface area contributed by atoms with E-state index in [1.807, 2.05) is 46.6 Å². The number of aromatic nitrogens is 1. The van der Waals surface area contributed by atoms with E-state index in [-0.39, 0.29) is 12.1 Å². The molecule has 0 spiro atoms. The van der Waals surface area contributed by atoms with Crippen LogP contribution in [0.25, 0.3) is 0 Å². The van der Waals surface area contributed by atoms with Crippen molar-refractivity contribution in [3.8, 4) is 6.07 Å². The number of alkyl carbamates (subject to hydrolysis) is 1. The SMILES string of the molecule is CC.CN(CCN1CCC(NC(=O)OC(C)(C)C)CC1)c1cc(C#N)cnc1/N=C\C=O. The summed E-state index contributed by atoms with van der Waals surface area (Å²) in [6.07, 6.45) is 4.55. The molecule has 1 aromatic rings. The van der Waals surface area contributed by atoms with Crippen molar-refractivity contribution in [2.75, 3.05) is 38.1 Å². The largest absolute Gasteiger partial charge is 0.444 e. The van der Waals surface area contributed by atoms with E-state index in [1.54, 1.807) is 6.07 Å². The number of likely N-dealkylation sites (N-methyl/N-ethyl adjacent to an activating group) is 1. The first-order valence-corrected chi connectivity index (χ1v) is 11.0. The zero-order valence-electron chi connectivity index (χ0n) is 20.1. The van der Waals surface area contributed by atoms with Crippen LogP contribution in [0.4, 0.5) is 16.3 Å². The summed E-state index contributed by atoms with van der Waals surface area (Å²) in [5.74, 6) is 0.406. The maximum Gasteiger partial charge on any atom is 0.407 e. The number of likely N-dealkylation sites (tertiary alicyclic amines) is 1. The number of nitrogens with zero attached hydrogens (tertiary/aromatic N) is 5. The average molecular weight is 445 g/mol. The molecule has 32 heavy (non-hydrogen) atoms. The molecule has 1 fully saturated rings. The molecular weight excluding hydrogens is 408 g/mol. The highest BCUT2D eigenvalue weighted by Gasteiger charge is 2.23. The summed E-state index contributed by atoms with van der Waals surface area (Å²) in [6.45, 7) is 12.8. The number of aldehydes is 1. The van der Waals surface area contributed by atoms with Crippen LogP contribution in [0, 0.1) is 11.3 Å². The number of nitriles is 1. The minimum atomic E-state index is -0.498. The minimum absolute atomic E-state index is 0.120. The van der Waals surface area contributed by atoms with Gasteiger partial charge in [-0.25, -0.2) is 14.8 Å². The number of carbonyl (C=O) groups is 2. The Labute approximate surface area is 191 Å². The van der Waals surface area contributed by atoms with Crippen LogP contribution in [0.1, 0.15) is 53.0 Å². The standard InChI is InChI=1S/C21H30N6O3.C2H6/c1-21(2,3)30-20(29)25-17-5-8-27(9-6-17)11-10-26(4)18-13-16(14-22)15-24-19(18)23-7-12-28;1-2/h7,12-13,15,17H,5-6,8-11H2,1-4H3,(H,25,29);1-2H3/b23-7-;.